The second-order valence-electron chi connectivity index (χ2n) is 5.24. The Labute approximate surface area is 95.2 Å². The van der Waals surface area contributed by atoms with Gasteiger partial charge in [0.05, 0.1) is 0 Å². The molecule has 0 radical (unpaired) electrons. The topological polar surface area (TPSA) is 29.3 Å². The first-order chi connectivity index (χ1) is 7.16. The van der Waals surface area contributed by atoms with Crippen molar-refractivity contribution in [3.05, 3.63) is 0 Å². The molecule has 1 aliphatic carbocycles. The summed E-state index contributed by atoms with van der Waals surface area (Å²) in [5, 5.41) is 0. The van der Waals surface area contributed by atoms with E-state index in [9.17, 15) is 0 Å². The maximum absolute atomic E-state index is 6.03. The molecular weight excluding hydrogens is 184 g/mol. The van der Waals surface area contributed by atoms with E-state index in [1.165, 1.54) is 44.9 Å². The summed E-state index contributed by atoms with van der Waals surface area (Å²) in [4.78, 5) is 2.57. The van der Waals surface area contributed by atoms with Gasteiger partial charge in [0.25, 0.3) is 0 Å². The van der Waals surface area contributed by atoms with E-state index in [0.717, 1.165) is 6.54 Å². The largest absolute Gasteiger partial charge is 0.329 e. The van der Waals surface area contributed by atoms with Crippen molar-refractivity contribution in [1.82, 2.24) is 4.90 Å². The number of nitrogens with zero attached hydrogens (tertiary/aromatic N) is 1. The van der Waals surface area contributed by atoms with Crippen LogP contribution in [-0.4, -0.2) is 30.1 Å². The Morgan fingerprint density at radius 3 is 2.33 bits per heavy atom. The Morgan fingerprint density at radius 1 is 1.27 bits per heavy atom. The highest BCUT2D eigenvalue weighted by Crippen LogP contribution is 2.33. The summed E-state index contributed by atoms with van der Waals surface area (Å²) >= 11 is 0. The van der Waals surface area contributed by atoms with E-state index in [1.54, 1.807) is 0 Å². The number of hydrogen-bond donors (Lipinski definition) is 1. The Bertz CT molecular complexity index is 173. The Balaban J connectivity index is 2.62. The average molecular weight is 212 g/mol. The van der Waals surface area contributed by atoms with Crippen LogP contribution in [0.4, 0.5) is 0 Å². The van der Waals surface area contributed by atoms with Crippen LogP contribution >= 0.6 is 0 Å². The average Bonchev–Trinajstić information content (AvgIpc) is 2.29. The second kappa shape index (κ2) is 5.86. The Kier molecular flexibility index (Phi) is 5.07. The van der Waals surface area contributed by atoms with Gasteiger partial charge in [-0.05, 0) is 33.2 Å². The minimum atomic E-state index is 0.312. The van der Waals surface area contributed by atoms with Crippen LogP contribution in [0.25, 0.3) is 0 Å². The molecule has 15 heavy (non-hydrogen) atoms. The van der Waals surface area contributed by atoms with Crippen molar-refractivity contribution < 1.29 is 0 Å². The van der Waals surface area contributed by atoms with E-state index < -0.39 is 0 Å². The standard InChI is InChI=1S/C13H28N2/c1-4-8-12(2)15(3)13(11-14)9-6-5-7-10-13/h12H,4-11,14H2,1-3H3. The van der Waals surface area contributed by atoms with Crippen molar-refractivity contribution in [1.29, 1.82) is 0 Å². The molecule has 1 aliphatic rings. The van der Waals surface area contributed by atoms with E-state index in [2.05, 4.69) is 25.8 Å². The quantitative estimate of drug-likeness (QED) is 0.759. The third kappa shape index (κ3) is 2.94. The minimum Gasteiger partial charge on any atom is -0.329 e. The van der Waals surface area contributed by atoms with Crippen molar-refractivity contribution >= 4 is 0 Å². The monoisotopic (exact) mass is 212 g/mol. The highest BCUT2D eigenvalue weighted by atomic mass is 15.2. The Morgan fingerprint density at radius 2 is 1.87 bits per heavy atom. The van der Waals surface area contributed by atoms with Gasteiger partial charge >= 0.3 is 0 Å². The molecule has 0 bridgehead atoms. The van der Waals surface area contributed by atoms with Crippen molar-refractivity contribution in [2.24, 2.45) is 5.73 Å². The molecule has 2 N–H and O–H groups in total. The van der Waals surface area contributed by atoms with Crippen molar-refractivity contribution in [3.63, 3.8) is 0 Å². The molecule has 0 amide bonds. The molecule has 0 aromatic heterocycles. The van der Waals surface area contributed by atoms with E-state index >= 15 is 0 Å². The van der Waals surface area contributed by atoms with Gasteiger partial charge in [0, 0.05) is 18.1 Å². The number of nitrogens with two attached hydrogens (primary N) is 1. The highest BCUT2D eigenvalue weighted by Gasteiger charge is 2.36. The number of likely N-dealkylation sites (N-methyl/N-ethyl adjacent to an activating group) is 1. The van der Waals surface area contributed by atoms with E-state index in [0.29, 0.717) is 11.6 Å². The van der Waals surface area contributed by atoms with Crippen LogP contribution in [0, 0.1) is 0 Å². The Hall–Kier alpha value is -0.0800. The molecule has 0 aliphatic heterocycles. The molecule has 2 nitrogen and oxygen atoms in total. The fourth-order valence-corrected chi connectivity index (χ4v) is 2.99. The van der Waals surface area contributed by atoms with Gasteiger partial charge in [0.1, 0.15) is 0 Å². The normalized spacial score (nSPS) is 23.0. The van der Waals surface area contributed by atoms with Gasteiger partial charge < -0.3 is 5.73 Å². The molecule has 0 spiro atoms. The second-order valence-corrected chi connectivity index (χ2v) is 5.24. The maximum Gasteiger partial charge on any atom is 0.0331 e. The molecule has 1 atom stereocenters. The maximum atomic E-state index is 6.03. The first-order valence-electron chi connectivity index (χ1n) is 6.59. The van der Waals surface area contributed by atoms with Gasteiger partial charge in [-0.1, -0.05) is 32.6 Å². The van der Waals surface area contributed by atoms with E-state index in [1.807, 2.05) is 0 Å². The van der Waals surface area contributed by atoms with Crippen LogP contribution in [0.3, 0.4) is 0 Å². The first kappa shape index (κ1) is 13.0. The lowest BCUT2D eigenvalue weighted by Gasteiger charge is -2.47. The van der Waals surface area contributed by atoms with E-state index in [4.69, 9.17) is 5.73 Å². The smallest absolute Gasteiger partial charge is 0.0331 e. The van der Waals surface area contributed by atoms with Crippen LogP contribution < -0.4 is 5.73 Å². The predicted molar refractivity (Wildman–Crippen MR) is 67.0 cm³/mol. The summed E-state index contributed by atoms with van der Waals surface area (Å²) in [6.45, 7) is 5.44. The summed E-state index contributed by atoms with van der Waals surface area (Å²) in [7, 11) is 2.28. The molecule has 0 saturated heterocycles. The van der Waals surface area contributed by atoms with Crippen LogP contribution in [-0.2, 0) is 0 Å². The zero-order chi connectivity index (χ0) is 11.3. The first-order valence-corrected chi connectivity index (χ1v) is 6.59. The molecule has 1 fully saturated rings. The molecule has 0 heterocycles. The third-order valence-corrected chi connectivity index (χ3v) is 4.28. The van der Waals surface area contributed by atoms with Gasteiger partial charge in [0.15, 0.2) is 0 Å². The van der Waals surface area contributed by atoms with Crippen molar-refractivity contribution in [2.75, 3.05) is 13.6 Å². The fraction of sp³-hybridized carbons (Fsp3) is 1.00. The molecule has 1 saturated carbocycles. The van der Waals surface area contributed by atoms with Crippen LogP contribution in [0.2, 0.25) is 0 Å². The van der Waals surface area contributed by atoms with Crippen molar-refractivity contribution in [2.45, 2.75) is 70.4 Å². The highest BCUT2D eigenvalue weighted by molar-refractivity contribution is 4.94. The summed E-state index contributed by atoms with van der Waals surface area (Å²) in [5.41, 5.74) is 6.34. The van der Waals surface area contributed by atoms with Gasteiger partial charge in [-0.25, -0.2) is 0 Å². The lowest BCUT2D eigenvalue weighted by Crippen LogP contribution is -2.56. The van der Waals surface area contributed by atoms with Crippen LogP contribution in [0.5, 0.6) is 0 Å². The van der Waals surface area contributed by atoms with Gasteiger partial charge in [-0.15, -0.1) is 0 Å². The zero-order valence-corrected chi connectivity index (χ0v) is 10.8. The predicted octanol–water partition coefficient (Wildman–Crippen LogP) is 2.77. The van der Waals surface area contributed by atoms with Crippen LogP contribution in [0.1, 0.15) is 58.8 Å². The molecule has 2 heteroatoms. The molecule has 1 unspecified atom stereocenters. The van der Waals surface area contributed by atoms with Crippen molar-refractivity contribution in [3.8, 4) is 0 Å². The van der Waals surface area contributed by atoms with Gasteiger partial charge in [0.2, 0.25) is 0 Å². The summed E-state index contributed by atoms with van der Waals surface area (Å²) in [6.07, 6.45) is 9.28. The summed E-state index contributed by atoms with van der Waals surface area (Å²) in [5.74, 6) is 0. The fourth-order valence-electron chi connectivity index (χ4n) is 2.99. The van der Waals surface area contributed by atoms with Crippen LogP contribution in [0.15, 0.2) is 0 Å². The summed E-state index contributed by atoms with van der Waals surface area (Å²) in [6, 6.07) is 0.677. The lowest BCUT2D eigenvalue weighted by atomic mass is 9.79. The molecular formula is C13H28N2. The molecule has 0 aromatic rings. The zero-order valence-electron chi connectivity index (χ0n) is 10.8. The van der Waals surface area contributed by atoms with E-state index in [-0.39, 0.29) is 0 Å². The SMILES string of the molecule is CCCC(C)N(C)C1(CN)CCCCC1. The molecule has 90 valence electrons. The van der Waals surface area contributed by atoms with Gasteiger partial charge in [-0.2, -0.15) is 0 Å². The lowest BCUT2D eigenvalue weighted by molar-refractivity contribution is 0.0463. The molecule has 1 rings (SSSR count). The number of hydrogen-bond acceptors (Lipinski definition) is 2. The minimum absolute atomic E-state index is 0.312. The third-order valence-electron chi connectivity index (χ3n) is 4.28. The summed E-state index contributed by atoms with van der Waals surface area (Å²) < 4.78 is 0. The molecule has 0 aromatic carbocycles. The number of rotatable bonds is 5. The van der Waals surface area contributed by atoms with Gasteiger partial charge in [-0.3, -0.25) is 4.90 Å².